The fourth-order valence-electron chi connectivity index (χ4n) is 1.71. The minimum absolute atomic E-state index is 0.475. The highest BCUT2D eigenvalue weighted by Gasteiger charge is 2.17. The molecule has 1 heterocycles. The van der Waals surface area contributed by atoms with Crippen LogP contribution in [-0.2, 0) is 4.74 Å². The molecule has 1 N–H and O–H groups in total. The van der Waals surface area contributed by atoms with Crippen molar-refractivity contribution in [1.29, 1.82) is 0 Å². The van der Waals surface area contributed by atoms with Gasteiger partial charge in [-0.25, -0.2) is 0 Å². The van der Waals surface area contributed by atoms with E-state index in [9.17, 15) is 0 Å². The van der Waals surface area contributed by atoms with E-state index in [4.69, 9.17) is 4.74 Å². The van der Waals surface area contributed by atoms with Crippen molar-refractivity contribution in [3.63, 3.8) is 0 Å². The van der Waals surface area contributed by atoms with Crippen LogP contribution < -0.4 is 5.32 Å². The average Bonchev–Trinajstić information content (AvgIpc) is 2.19. The molecule has 0 radical (unpaired) electrons. The first kappa shape index (κ1) is 11.0. The normalized spacial score (nSPS) is 24.9. The maximum Gasteiger partial charge on any atom is 0.0700 e. The summed E-state index contributed by atoms with van der Waals surface area (Å²) in [6, 6.07) is 0. The van der Waals surface area contributed by atoms with E-state index in [1.807, 2.05) is 7.05 Å². The van der Waals surface area contributed by atoms with Crippen molar-refractivity contribution >= 4 is 0 Å². The molecule has 0 aromatic heterocycles. The van der Waals surface area contributed by atoms with Gasteiger partial charge in [-0.3, -0.25) is 4.90 Å². The van der Waals surface area contributed by atoms with Crippen LogP contribution in [0.3, 0.4) is 0 Å². The van der Waals surface area contributed by atoms with Crippen LogP contribution in [0.15, 0.2) is 0 Å². The summed E-state index contributed by atoms with van der Waals surface area (Å²) in [4.78, 5) is 2.51. The largest absolute Gasteiger partial charge is 0.376 e. The summed E-state index contributed by atoms with van der Waals surface area (Å²) >= 11 is 0. The Morgan fingerprint density at radius 3 is 3.08 bits per heavy atom. The molecule has 78 valence electrons. The van der Waals surface area contributed by atoms with Crippen molar-refractivity contribution in [3.8, 4) is 0 Å². The van der Waals surface area contributed by atoms with E-state index >= 15 is 0 Å². The van der Waals surface area contributed by atoms with Crippen LogP contribution in [0.25, 0.3) is 0 Å². The Labute approximate surface area is 81.4 Å². The lowest BCUT2D eigenvalue weighted by Crippen LogP contribution is -2.42. The number of nitrogens with one attached hydrogen (secondary N) is 1. The number of ether oxygens (including phenoxy) is 1. The maximum absolute atomic E-state index is 5.61. The second kappa shape index (κ2) is 6.35. The van der Waals surface area contributed by atoms with E-state index in [1.54, 1.807) is 0 Å². The van der Waals surface area contributed by atoms with Crippen molar-refractivity contribution in [2.24, 2.45) is 0 Å². The second-order valence-corrected chi connectivity index (χ2v) is 3.66. The zero-order chi connectivity index (χ0) is 9.52. The predicted octanol–water partition coefficient (Wildman–Crippen LogP) is 0.707. The third-order valence-corrected chi connectivity index (χ3v) is 2.58. The van der Waals surface area contributed by atoms with Gasteiger partial charge >= 0.3 is 0 Å². The molecule has 1 aliphatic rings. The molecule has 3 nitrogen and oxygen atoms in total. The molecule has 0 amide bonds. The zero-order valence-corrected chi connectivity index (χ0v) is 8.88. The number of rotatable bonds is 5. The van der Waals surface area contributed by atoms with Crippen LogP contribution in [0.1, 0.15) is 19.8 Å². The molecule has 0 aliphatic carbocycles. The van der Waals surface area contributed by atoms with Gasteiger partial charge in [0.15, 0.2) is 0 Å². The van der Waals surface area contributed by atoms with Crippen molar-refractivity contribution in [2.45, 2.75) is 25.9 Å². The summed E-state index contributed by atoms with van der Waals surface area (Å²) in [6.07, 6.45) is 2.86. The molecule has 1 rings (SSSR count). The van der Waals surface area contributed by atoms with Crippen LogP contribution in [0, 0.1) is 0 Å². The summed E-state index contributed by atoms with van der Waals surface area (Å²) in [5.74, 6) is 0. The van der Waals surface area contributed by atoms with Gasteiger partial charge in [0.05, 0.1) is 12.7 Å². The molecule has 0 bridgehead atoms. The number of nitrogens with zero attached hydrogens (tertiary/aromatic N) is 1. The average molecular weight is 186 g/mol. The number of morpholine rings is 1. The molecule has 13 heavy (non-hydrogen) atoms. The minimum atomic E-state index is 0.475. The molecule has 1 fully saturated rings. The molecule has 1 saturated heterocycles. The Kier molecular flexibility index (Phi) is 5.35. The van der Waals surface area contributed by atoms with Crippen molar-refractivity contribution in [3.05, 3.63) is 0 Å². The lowest BCUT2D eigenvalue weighted by atomic mass is 10.2. The second-order valence-electron chi connectivity index (χ2n) is 3.66. The summed E-state index contributed by atoms with van der Waals surface area (Å²) < 4.78 is 5.61. The zero-order valence-electron chi connectivity index (χ0n) is 8.88. The standard InChI is InChI=1S/C10H22N2O/c1-3-10-9-12(7-8-13-10)6-4-5-11-2/h10-11H,3-9H2,1-2H3. The molecule has 1 atom stereocenters. The molecule has 1 unspecified atom stereocenters. The van der Waals surface area contributed by atoms with Crippen molar-refractivity contribution < 1.29 is 4.74 Å². The Morgan fingerprint density at radius 2 is 2.38 bits per heavy atom. The van der Waals surface area contributed by atoms with Crippen molar-refractivity contribution in [1.82, 2.24) is 10.2 Å². The molecule has 0 aromatic rings. The lowest BCUT2D eigenvalue weighted by Gasteiger charge is -2.32. The van der Waals surface area contributed by atoms with Gasteiger partial charge < -0.3 is 10.1 Å². The third kappa shape index (κ3) is 4.07. The monoisotopic (exact) mass is 186 g/mol. The van der Waals surface area contributed by atoms with Gasteiger partial charge in [-0.1, -0.05) is 6.92 Å². The van der Waals surface area contributed by atoms with E-state index < -0.39 is 0 Å². The van der Waals surface area contributed by atoms with Crippen LogP contribution in [0.4, 0.5) is 0 Å². The fraction of sp³-hybridized carbons (Fsp3) is 1.00. The van der Waals surface area contributed by atoms with E-state index in [0.29, 0.717) is 6.10 Å². The smallest absolute Gasteiger partial charge is 0.0700 e. The first-order chi connectivity index (χ1) is 6.36. The Hall–Kier alpha value is -0.120. The molecule has 0 spiro atoms. The molecule has 3 heteroatoms. The summed E-state index contributed by atoms with van der Waals surface area (Å²) in [5, 5.41) is 3.17. The molecule has 1 aliphatic heterocycles. The predicted molar refractivity (Wildman–Crippen MR) is 55.0 cm³/mol. The van der Waals surface area contributed by atoms with Crippen LogP contribution in [-0.4, -0.2) is 50.8 Å². The first-order valence-electron chi connectivity index (χ1n) is 5.35. The van der Waals surface area contributed by atoms with Gasteiger partial charge in [-0.05, 0) is 33.0 Å². The highest BCUT2D eigenvalue weighted by Crippen LogP contribution is 2.07. The Balaban J connectivity index is 2.11. The van der Waals surface area contributed by atoms with E-state index in [0.717, 1.165) is 32.7 Å². The van der Waals surface area contributed by atoms with Crippen LogP contribution >= 0.6 is 0 Å². The number of hydrogen-bond acceptors (Lipinski definition) is 3. The highest BCUT2D eigenvalue weighted by molar-refractivity contribution is 4.70. The van der Waals surface area contributed by atoms with E-state index in [-0.39, 0.29) is 0 Å². The van der Waals surface area contributed by atoms with Crippen LogP contribution in [0.2, 0.25) is 0 Å². The molecular weight excluding hydrogens is 164 g/mol. The molecule has 0 saturated carbocycles. The van der Waals surface area contributed by atoms with Gasteiger partial charge in [0.1, 0.15) is 0 Å². The minimum Gasteiger partial charge on any atom is -0.376 e. The van der Waals surface area contributed by atoms with Gasteiger partial charge in [0, 0.05) is 13.1 Å². The van der Waals surface area contributed by atoms with Crippen molar-refractivity contribution in [2.75, 3.05) is 39.8 Å². The fourth-order valence-corrected chi connectivity index (χ4v) is 1.71. The summed E-state index contributed by atoms with van der Waals surface area (Å²) in [7, 11) is 2.01. The van der Waals surface area contributed by atoms with Gasteiger partial charge in [0.2, 0.25) is 0 Å². The van der Waals surface area contributed by atoms with Gasteiger partial charge in [-0.2, -0.15) is 0 Å². The maximum atomic E-state index is 5.61. The summed E-state index contributed by atoms with van der Waals surface area (Å²) in [6.45, 7) is 7.68. The Morgan fingerprint density at radius 1 is 1.54 bits per heavy atom. The van der Waals surface area contributed by atoms with E-state index in [1.165, 1.54) is 13.0 Å². The third-order valence-electron chi connectivity index (χ3n) is 2.58. The highest BCUT2D eigenvalue weighted by atomic mass is 16.5. The molecular formula is C10H22N2O. The first-order valence-corrected chi connectivity index (χ1v) is 5.35. The SMILES string of the molecule is CCC1CN(CCCNC)CCO1. The van der Waals surface area contributed by atoms with E-state index in [2.05, 4.69) is 17.1 Å². The van der Waals surface area contributed by atoms with Crippen LogP contribution in [0.5, 0.6) is 0 Å². The molecule has 0 aromatic carbocycles. The topological polar surface area (TPSA) is 24.5 Å². The number of hydrogen-bond donors (Lipinski definition) is 1. The lowest BCUT2D eigenvalue weighted by molar-refractivity contribution is -0.0297. The van der Waals surface area contributed by atoms with Gasteiger partial charge in [-0.15, -0.1) is 0 Å². The Bertz CT molecular complexity index is 130. The summed E-state index contributed by atoms with van der Waals surface area (Å²) in [5.41, 5.74) is 0. The van der Waals surface area contributed by atoms with Gasteiger partial charge in [0.25, 0.3) is 0 Å². The quantitative estimate of drug-likeness (QED) is 0.640.